The van der Waals surface area contributed by atoms with Gasteiger partial charge in [-0.05, 0) is 63.2 Å². The van der Waals surface area contributed by atoms with E-state index in [1.54, 1.807) is 0 Å². The number of fused-ring (bicyclic) bond motifs is 1. The molecule has 0 aromatic heterocycles. The smallest absolute Gasteiger partial charge is 0.309 e. The summed E-state index contributed by atoms with van der Waals surface area (Å²) in [5.41, 5.74) is -0.369. The van der Waals surface area contributed by atoms with E-state index >= 15 is 0 Å². The first kappa shape index (κ1) is 11.5. The minimum atomic E-state index is -0.544. The zero-order valence-corrected chi connectivity index (χ0v) is 10.4. The molecule has 1 heterocycles. The fraction of sp³-hybridized carbons (Fsp3) is 0.929. The maximum absolute atomic E-state index is 11.5. The average molecular weight is 238 g/mol. The van der Waals surface area contributed by atoms with Gasteiger partial charge in [0.05, 0.1) is 11.5 Å². The van der Waals surface area contributed by atoms with Crippen LogP contribution in [0.1, 0.15) is 51.4 Å². The lowest BCUT2D eigenvalue weighted by atomic mass is 9.78. The van der Waals surface area contributed by atoms with Gasteiger partial charge in [-0.15, -0.1) is 0 Å². The van der Waals surface area contributed by atoms with Crippen molar-refractivity contribution in [1.29, 1.82) is 0 Å². The Kier molecular flexibility index (Phi) is 2.89. The van der Waals surface area contributed by atoms with Gasteiger partial charge in [-0.3, -0.25) is 4.79 Å². The zero-order chi connectivity index (χ0) is 11.9. The van der Waals surface area contributed by atoms with E-state index in [1.165, 1.54) is 19.3 Å². The Morgan fingerprint density at radius 1 is 1.35 bits per heavy atom. The number of hydrogen-bond donors (Lipinski definition) is 1. The number of carboxylic acid groups (broad SMARTS) is 1. The van der Waals surface area contributed by atoms with Crippen LogP contribution in [0.4, 0.5) is 0 Å². The van der Waals surface area contributed by atoms with Crippen LogP contribution in [0, 0.1) is 17.3 Å². The van der Waals surface area contributed by atoms with Crippen LogP contribution in [-0.2, 0) is 9.53 Å². The molecule has 3 unspecified atom stereocenters. The minimum Gasteiger partial charge on any atom is -0.481 e. The van der Waals surface area contributed by atoms with Crippen molar-refractivity contribution in [2.24, 2.45) is 17.3 Å². The van der Waals surface area contributed by atoms with E-state index < -0.39 is 5.97 Å². The third-order valence-corrected chi connectivity index (χ3v) is 5.03. The fourth-order valence-corrected chi connectivity index (χ4v) is 3.92. The molecular weight excluding hydrogens is 216 g/mol. The summed E-state index contributed by atoms with van der Waals surface area (Å²) >= 11 is 0. The second-order valence-corrected chi connectivity index (χ2v) is 6.28. The molecule has 0 radical (unpaired) electrons. The average Bonchev–Trinajstić information content (AvgIpc) is 2.76. The maximum atomic E-state index is 11.5. The highest BCUT2D eigenvalue weighted by Crippen LogP contribution is 2.61. The Balaban J connectivity index is 1.49. The molecule has 2 saturated carbocycles. The fourth-order valence-electron chi connectivity index (χ4n) is 3.92. The highest BCUT2D eigenvalue weighted by Gasteiger charge is 2.56. The van der Waals surface area contributed by atoms with Crippen LogP contribution in [0.15, 0.2) is 0 Å². The Hall–Kier alpha value is -0.570. The van der Waals surface area contributed by atoms with Gasteiger partial charge in [-0.2, -0.15) is 0 Å². The molecule has 3 fully saturated rings. The SMILES string of the molecule is O=C(O)C1(CCCC2CCCO2)CC2CC2C1. The van der Waals surface area contributed by atoms with Crippen molar-refractivity contribution in [3.63, 3.8) is 0 Å². The number of aliphatic carboxylic acids is 1. The Morgan fingerprint density at radius 2 is 2.12 bits per heavy atom. The first-order chi connectivity index (χ1) is 8.20. The van der Waals surface area contributed by atoms with Crippen LogP contribution in [-0.4, -0.2) is 23.8 Å². The van der Waals surface area contributed by atoms with Crippen molar-refractivity contribution >= 4 is 5.97 Å². The van der Waals surface area contributed by atoms with Gasteiger partial charge in [-0.1, -0.05) is 0 Å². The van der Waals surface area contributed by atoms with Crippen molar-refractivity contribution in [1.82, 2.24) is 0 Å². The lowest BCUT2D eigenvalue weighted by Gasteiger charge is -2.26. The van der Waals surface area contributed by atoms with E-state index in [2.05, 4.69) is 0 Å². The summed E-state index contributed by atoms with van der Waals surface area (Å²) in [6, 6.07) is 0. The largest absolute Gasteiger partial charge is 0.481 e. The molecule has 0 aromatic rings. The van der Waals surface area contributed by atoms with Crippen LogP contribution in [0.3, 0.4) is 0 Å². The summed E-state index contributed by atoms with van der Waals surface area (Å²) in [7, 11) is 0. The van der Waals surface area contributed by atoms with Crippen molar-refractivity contribution in [3.8, 4) is 0 Å². The predicted molar refractivity (Wildman–Crippen MR) is 63.7 cm³/mol. The van der Waals surface area contributed by atoms with Crippen LogP contribution in [0.25, 0.3) is 0 Å². The Labute approximate surface area is 103 Å². The van der Waals surface area contributed by atoms with Crippen molar-refractivity contribution in [2.45, 2.75) is 57.5 Å². The lowest BCUT2D eigenvalue weighted by molar-refractivity contribution is -0.150. The Bertz CT molecular complexity index is 297. The third kappa shape index (κ3) is 2.22. The molecule has 0 amide bonds. The Morgan fingerprint density at radius 3 is 2.71 bits per heavy atom. The molecule has 3 nitrogen and oxygen atoms in total. The van der Waals surface area contributed by atoms with Crippen molar-refractivity contribution < 1.29 is 14.6 Å². The summed E-state index contributed by atoms with van der Waals surface area (Å²) in [4.78, 5) is 11.5. The van der Waals surface area contributed by atoms with Gasteiger partial charge in [0, 0.05) is 6.61 Å². The van der Waals surface area contributed by atoms with E-state index in [0.717, 1.165) is 50.5 Å². The molecule has 1 N–H and O–H groups in total. The highest BCUT2D eigenvalue weighted by atomic mass is 16.5. The molecule has 0 bridgehead atoms. The van der Waals surface area contributed by atoms with Crippen LogP contribution in [0.5, 0.6) is 0 Å². The number of carbonyl (C=O) groups is 1. The van der Waals surface area contributed by atoms with E-state index in [1.807, 2.05) is 0 Å². The third-order valence-electron chi connectivity index (χ3n) is 5.03. The highest BCUT2D eigenvalue weighted by molar-refractivity contribution is 5.75. The molecule has 0 spiro atoms. The van der Waals surface area contributed by atoms with Crippen LogP contribution in [0.2, 0.25) is 0 Å². The molecule has 0 aromatic carbocycles. The first-order valence-electron chi connectivity index (χ1n) is 7.05. The molecule has 1 saturated heterocycles. The quantitative estimate of drug-likeness (QED) is 0.801. The molecular formula is C14H22O3. The normalized spacial score (nSPS) is 43.6. The van der Waals surface area contributed by atoms with E-state index in [9.17, 15) is 9.90 Å². The van der Waals surface area contributed by atoms with Gasteiger partial charge >= 0.3 is 5.97 Å². The number of carboxylic acids is 1. The zero-order valence-electron chi connectivity index (χ0n) is 10.4. The van der Waals surface area contributed by atoms with Crippen LogP contribution >= 0.6 is 0 Å². The maximum Gasteiger partial charge on any atom is 0.309 e. The summed E-state index contributed by atoms with van der Waals surface area (Å²) in [6.45, 7) is 0.902. The molecule has 2 aliphatic carbocycles. The molecule has 3 aliphatic rings. The molecule has 3 rings (SSSR count). The summed E-state index contributed by atoms with van der Waals surface area (Å²) in [6.07, 6.45) is 8.90. The molecule has 96 valence electrons. The number of rotatable bonds is 5. The second kappa shape index (κ2) is 4.27. The molecule has 17 heavy (non-hydrogen) atoms. The van der Waals surface area contributed by atoms with Gasteiger partial charge in [0.25, 0.3) is 0 Å². The molecule has 1 aliphatic heterocycles. The van der Waals surface area contributed by atoms with Gasteiger partial charge in [0.2, 0.25) is 0 Å². The molecule has 3 heteroatoms. The number of ether oxygens (including phenoxy) is 1. The summed E-state index contributed by atoms with van der Waals surface area (Å²) in [5, 5.41) is 9.46. The van der Waals surface area contributed by atoms with Gasteiger partial charge in [0.15, 0.2) is 0 Å². The van der Waals surface area contributed by atoms with E-state index in [4.69, 9.17) is 4.74 Å². The van der Waals surface area contributed by atoms with Gasteiger partial charge in [0.1, 0.15) is 0 Å². The standard InChI is InChI=1S/C14H22O3/c15-13(16)14(8-10-7-11(10)9-14)5-1-3-12-4-2-6-17-12/h10-12H,1-9H2,(H,15,16). The molecule has 3 atom stereocenters. The summed E-state index contributed by atoms with van der Waals surface area (Å²) in [5.74, 6) is 0.944. The second-order valence-electron chi connectivity index (χ2n) is 6.28. The van der Waals surface area contributed by atoms with Crippen molar-refractivity contribution in [3.05, 3.63) is 0 Å². The lowest BCUT2D eigenvalue weighted by Crippen LogP contribution is -2.29. The first-order valence-corrected chi connectivity index (χ1v) is 7.05. The number of hydrogen-bond acceptors (Lipinski definition) is 2. The van der Waals surface area contributed by atoms with E-state index in [-0.39, 0.29) is 5.41 Å². The topological polar surface area (TPSA) is 46.5 Å². The monoisotopic (exact) mass is 238 g/mol. The van der Waals surface area contributed by atoms with Gasteiger partial charge < -0.3 is 9.84 Å². The van der Waals surface area contributed by atoms with Crippen molar-refractivity contribution in [2.75, 3.05) is 6.61 Å². The predicted octanol–water partition coefficient (Wildman–Crippen LogP) is 2.84. The van der Waals surface area contributed by atoms with Gasteiger partial charge in [-0.25, -0.2) is 0 Å². The minimum absolute atomic E-state index is 0.369. The van der Waals surface area contributed by atoms with Crippen LogP contribution < -0.4 is 0 Å². The van der Waals surface area contributed by atoms with E-state index in [0.29, 0.717) is 6.10 Å². The summed E-state index contributed by atoms with van der Waals surface area (Å²) < 4.78 is 5.59.